The van der Waals surface area contributed by atoms with Gasteiger partial charge in [0.05, 0.1) is 35.3 Å². The van der Waals surface area contributed by atoms with Crippen LogP contribution in [0.4, 0.5) is 16.2 Å². The number of nitro groups is 2. The third-order valence-electron chi connectivity index (χ3n) is 7.09. The maximum Gasteiger partial charge on any atom is 0.508 e. The topological polar surface area (TPSA) is 195 Å². The molecular weight excluding hydrogens is 606 g/mol. The van der Waals surface area contributed by atoms with E-state index in [1.807, 2.05) is 0 Å². The van der Waals surface area contributed by atoms with Gasteiger partial charge in [0.25, 0.3) is 11.4 Å². The smallest absolute Gasteiger partial charge is 0.464 e. The number of ether oxygens (including phenoxy) is 4. The summed E-state index contributed by atoms with van der Waals surface area (Å²) in [5.41, 5.74) is 1.66. The molecule has 2 aromatic rings. The molecule has 3 atom stereocenters. The quantitative estimate of drug-likeness (QED) is 0.0516. The number of amides is 1. The van der Waals surface area contributed by atoms with E-state index in [9.17, 15) is 39.4 Å². The second kappa shape index (κ2) is 15.4. The molecule has 1 fully saturated rings. The van der Waals surface area contributed by atoms with Gasteiger partial charge in [0.1, 0.15) is 25.0 Å². The maximum absolute atomic E-state index is 13.4. The van der Waals surface area contributed by atoms with Crippen LogP contribution >= 0.6 is 0 Å². The number of methoxy groups -OCH3 is 1. The Labute approximate surface area is 263 Å². The molecule has 1 aliphatic rings. The molecule has 244 valence electrons. The highest BCUT2D eigenvalue weighted by atomic mass is 16.7. The van der Waals surface area contributed by atoms with E-state index < -0.39 is 51.9 Å². The Kier molecular flexibility index (Phi) is 11.7. The standard InChI is InChI=1S/C31H33N3O12/c1-18(2)28(30(37)43-5)32-25(14-19(3)15-26(35)44-16-21-6-10-23(11-7-21)33(39)40)27(29(32)36)20(4)46-31(38)45-17-22-8-12-24(13-9-22)34(41)42/h6-13,20,25,27H,3,14-17H2,1-2,4-5H3/t20-,25?,27?/m0/s1. The predicted molar refractivity (Wildman–Crippen MR) is 160 cm³/mol. The van der Waals surface area contributed by atoms with E-state index in [4.69, 9.17) is 18.9 Å². The summed E-state index contributed by atoms with van der Waals surface area (Å²) in [5.74, 6) is -2.83. The van der Waals surface area contributed by atoms with Crippen molar-refractivity contribution in [1.29, 1.82) is 0 Å². The van der Waals surface area contributed by atoms with Gasteiger partial charge in [-0.2, -0.15) is 0 Å². The molecule has 3 rings (SSSR count). The molecule has 2 aromatic carbocycles. The first-order valence-corrected chi connectivity index (χ1v) is 13.9. The van der Waals surface area contributed by atoms with Gasteiger partial charge < -0.3 is 23.8 Å². The molecule has 0 aromatic heterocycles. The van der Waals surface area contributed by atoms with Crippen LogP contribution in [0.1, 0.15) is 44.7 Å². The predicted octanol–water partition coefficient (Wildman–Crippen LogP) is 4.92. The number of likely N-dealkylation sites (tertiary alicyclic amines) is 1. The zero-order valence-electron chi connectivity index (χ0n) is 25.6. The third kappa shape index (κ3) is 8.74. The fourth-order valence-corrected chi connectivity index (χ4v) is 4.83. The van der Waals surface area contributed by atoms with E-state index in [0.717, 1.165) is 0 Å². The Bertz CT molecular complexity index is 1550. The highest BCUT2D eigenvalue weighted by Crippen LogP contribution is 2.39. The van der Waals surface area contributed by atoms with E-state index in [2.05, 4.69) is 6.58 Å². The number of benzene rings is 2. The van der Waals surface area contributed by atoms with Crippen molar-refractivity contribution in [2.24, 2.45) is 5.92 Å². The zero-order chi connectivity index (χ0) is 34.1. The van der Waals surface area contributed by atoms with Crippen molar-refractivity contribution in [2.45, 2.75) is 59.0 Å². The molecule has 15 heteroatoms. The van der Waals surface area contributed by atoms with Crippen molar-refractivity contribution in [1.82, 2.24) is 4.90 Å². The molecule has 1 saturated heterocycles. The summed E-state index contributed by atoms with van der Waals surface area (Å²) in [6.45, 7) is 8.33. The normalized spacial score (nSPS) is 15.9. The van der Waals surface area contributed by atoms with Gasteiger partial charge in [-0.1, -0.05) is 12.2 Å². The Morgan fingerprint density at radius 3 is 1.87 bits per heavy atom. The molecule has 15 nitrogen and oxygen atoms in total. The lowest BCUT2D eigenvalue weighted by molar-refractivity contribution is -0.385. The van der Waals surface area contributed by atoms with Crippen LogP contribution in [-0.2, 0) is 46.5 Å². The van der Waals surface area contributed by atoms with Gasteiger partial charge in [0.15, 0.2) is 0 Å². The third-order valence-corrected chi connectivity index (χ3v) is 7.09. The molecule has 1 aliphatic heterocycles. The van der Waals surface area contributed by atoms with Gasteiger partial charge in [-0.15, -0.1) is 0 Å². The minimum Gasteiger partial charge on any atom is -0.464 e. The number of hydrogen-bond acceptors (Lipinski definition) is 12. The first-order chi connectivity index (χ1) is 21.7. The highest BCUT2D eigenvalue weighted by molar-refractivity contribution is 5.99. The van der Waals surface area contributed by atoms with Crippen molar-refractivity contribution in [2.75, 3.05) is 7.11 Å². The number of nitro benzene ring substituents is 2. The van der Waals surface area contributed by atoms with Crippen LogP contribution in [0.15, 0.2) is 72.0 Å². The van der Waals surface area contributed by atoms with Gasteiger partial charge >= 0.3 is 18.1 Å². The van der Waals surface area contributed by atoms with Crippen molar-refractivity contribution in [3.63, 3.8) is 0 Å². The van der Waals surface area contributed by atoms with Gasteiger partial charge in [-0.3, -0.25) is 29.8 Å². The number of nitrogens with zero attached hydrogens (tertiary/aromatic N) is 3. The van der Waals surface area contributed by atoms with Gasteiger partial charge in [-0.25, -0.2) is 9.59 Å². The highest BCUT2D eigenvalue weighted by Gasteiger charge is 2.54. The molecule has 0 bridgehead atoms. The summed E-state index contributed by atoms with van der Waals surface area (Å²) in [5, 5.41) is 21.7. The molecule has 0 spiro atoms. The Balaban J connectivity index is 1.66. The van der Waals surface area contributed by atoms with Crippen LogP contribution in [0.2, 0.25) is 0 Å². The summed E-state index contributed by atoms with van der Waals surface area (Å²) in [6.07, 6.45) is -2.29. The van der Waals surface area contributed by atoms with Crippen LogP contribution in [0.25, 0.3) is 0 Å². The lowest BCUT2D eigenvalue weighted by Crippen LogP contribution is -2.65. The maximum atomic E-state index is 13.4. The average molecular weight is 640 g/mol. The van der Waals surface area contributed by atoms with Crippen LogP contribution in [0.3, 0.4) is 0 Å². The van der Waals surface area contributed by atoms with Crippen LogP contribution in [0, 0.1) is 26.1 Å². The van der Waals surface area contributed by atoms with E-state index >= 15 is 0 Å². The Hall–Kier alpha value is -5.60. The lowest BCUT2D eigenvalue weighted by Gasteiger charge is -2.49. The number of carbonyl (C=O) groups excluding carboxylic acids is 4. The van der Waals surface area contributed by atoms with Crippen LogP contribution < -0.4 is 0 Å². The number of esters is 2. The minimum atomic E-state index is -1.08. The average Bonchev–Trinajstić information content (AvgIpc) is 3.01. The van der Waals surface area contributed by atoms with Crippen LogP contribution in [0.5, 0.6) is 0 Å². The SMILES string of the molecule is C=C(CC(=O)OCc1ccc([N+](=O)[O-])cc1)CC1C([C@H](C)OC(=O)OCc2ccc([N+](=O)[O-])cc2)C(=O)N1C(C(=O)OC)=C(C)C. The fourth-order valence-electron chi connectivity index (χ4n) is 4.83. The molecule has 0 radical (unpaired) electrons. The van der Waals surface area contributed by atoms with E-state index in [0.29, 0.717) is 22.3 Å². The van der Waals surface area contributed by atoms with Gasteiger partial charge in [0, 0.05) is 24.3 Å². The second-order valence-corrected chi connectivity index (χ2v) is 10.6. The van der Waals surface area contributed by atoms with Crippen molar-refractivity contribution < 1.29 is 48.0 Å². The van der Waals surface area contributed by atoms with Crippen LogP contribution in [-0.4, -0.2) is 58.0 Å². The van der Waals surface area contributed by atoms with Gasteiger partial charge in [0.2, 0.25) is 5.91 Å². The zero-order valence-corrected chi connectivity index (χ0v) is 25.6. The molecule has 2 unspecified atom stereocenters. The number of β-lactam (4-membered cyclic amide) rings is 1. The van der Waals surface area contributed by atoms with E-state index in [-0.39, 0.29) is 43.1 Å². The number of allylic oxidation sites excluding steroid dienone is 1. The molecule has 0 aliphatic carbocycles. The van der Waals surface area contributed by atoms with Crippen molar-refractivity contribution in [3.05, 3.63) is 103 Å². The summed E-state index contributed by atoms with van der Waals surface area (Å²) in [4.78, 5) is 72.8. The molecular formula is C31H33N3O12. The first-order valence-electron chi connectivity index (χ1n) is 13.9. The van der Waals surface area contributed by atoms with Crippen molar-refractivity contribution in [3.8, 4) is 0 Å². The largest absolute Gasteiger partial charge is 0.508 e. The Morgan fingerprint density at radius 2 is 1.41 bits per heavy atom. The fraction of sp³-hybridized carbons (Fsp3) is 0.355. The summed E-state index contributed by atoms with van der Waals surface area (Å²) >= 11 is 0. The monoisotopic (exact) mass is 639 g/mol. The lowest BCUT2D eigenvalue weighted by atomic mass is 9.78. The molecule has 0 N–H and O–H groups in total. The van der Waals surface area contributed by atoms with Crippen molar-refractivity contribution >= 4 is 35.4 Å². The summed E-state index contributed by atoms with van der Waals surface area (Å²) in [7, 11) is 1.18. The molecule has 1 heterocycles. The number of non-ortho nitro benzene ring substituents is 2. The number of carbonyl (C=O) groups is 4. The Morgan fingerprint density at radius 1 is 0.913 bits per heavy atom. The van der Waals surface area contributed by atoms with Gasteiger partial charge in [-0.05, 0) is 68.2 Å². The molecule has 46 heavy (non-hydrogen) atoms. The van der Waals surface area contributed by atoms with E-state index in [1.165, 1.54) is 67.5 Å². The second-order valence-electron chi connectivity index (χ2n) is 10.6. The summed E-state index contributed by atoms with van der Waals surface area (Å²) < 4.78 is 20.7. The number of hydrogen-bond donors (Lipinski definition) is 0. The molecule has 1 amide bonds. The number of rotatable bonds is 14. The van der Waals surface area contributed by atoms with E-state index in [1.54, 1.807) is 13.8 Å². The first kappa shape index (κ1) is 34.9. The minimum absolute atomic E-state index is 0.00949. The molecule has 0 saturated carbocycles. The summed E-state index contributed by atoms with van der Waals surface area (Å²) in [6, 6.07) is 10.2.